The molecule has 0 unspecified atom stereocenters. The highest BCUT2D eigenvalue weighted by Crippen LogP contribution is 2.26. The Morgan fingerprint density at radius 1 is 1.31 bits per heavy atom. The van der Waals surface area contributed by atoms with Crippen molar-refractivity contribution in [2.75, 3.05) is 6.61 Å². The maximum Gasteiger partial charge on any atom is 0.137 e. The Balaban J connectivity index is 2.59. The van der Waals surface area contributed by atoms with E-state index in [1.807, 2.05) is 12.1 Å². The second-order valence-electron chi connectivity index (χ2n) is 4.55. The van der Waals surface area contributed by atoms with E-state index in [4.69, 9.17) is 16.3 Å². The van der Waals surface area contributed by atoms with E-state index < -0.39 is 0 Å². The van der Waals surface area contributed by atoms with E-state index >= 15 is 0 Å². The smallest absolute Gasteiger partial charge is 0.137 e. The Hall–Kier alpha value is -0.690. The molecule has 0 aliphatic carbocycles. The number of ether oxygens (including phenoxy) is 1. The van der Waals surface area contributed by atoms with Crippen LogP contribution in [0, 0.1) is 5.92 Å². The van der Waals surface area contributed by atoms with Crippen molar-refractivity contribution < 1.29 is 4.74 Å². The van der Waals surface area contributed by atoms with Crippen LogP contribution in [-0.2, 0) is 6.42 Å². The summed E-state index contributed by atoms with van der Waals surface area (Å²) < 4.78 is 5.53. The number of hydrogen-bond donors (Lipinski definition) is 0. The van der Waals surface area contributed by atoms with Gasteiger partial charge in [0.05, 0.1) is 11.6 Å². The number of hydrogen-bond acceptors (Lipinski definition) is 1. The van der Waals surface area contributed by atoms with Crippen LogP contribution >= 0.6 is 11.6 Å². The molecule has 0 amide bonds. The fourth-order valence-electron chi connectivity index (χ4n) is 1.48. The van der Waals surface area contributed by atoms with Gasteiger partial charge in [-0.15, -0.1) is 0 Å². The quantitative estimate of drug-likeness (QED) is 0.699. The predicted octanol–water partition coefficient (Wildman–Crippen LogP) is 4.72. The standard InChI is InChI=1S/C14H21ClO/c1-4-9-16-14-8-7-12(10-13(14)15)6-5-11(2)3/h7-8,10-11H,4-6,9H2,1-3H3. The molecule has 1 aromatic carbocycles. The number of benzene rings is 1. The average molecular weight is 241 g/mol. The molecule has 0 bridgehead atoms. The van der Waals surface area contributed by atoms with Gasteiger partial charge in [0.15, 0.2) is 0 Å². The number of halogens is 1. The normalized spacial score (nSPS) is 10.8. The van der Waals surface area contributed by atoms with Gasteiger partial charge in [-0.1, -0.05) is 38.4 Å². The minimum absolute atomic E-state index is 0.727. The zero-order valence-electron chi connectivity index (χ0n) is 10.4. The summed E-state index contributed by atoms with van der Waals surface area (Å²) in [6.07, 6.45) is 3.29. The Kier molecular flexibility index (Phi) is 5.68. The molecule has 0 radical (unpaired) electrons. The molecule has 0 saturated carbocycles. The topological polar surface area (TPSA) is 9.23 Å². The summed E-state index contributed by atoms with van der Waals surface area (Å²) in [6, 6.07) is 6.11. The SMILES string of the molecule is CCCOc1ccc(CCC(C)C)cc1Cl. The van der Waals surface area contributed by atoms with Crippen LogP contribution < -0.4 is 4.74 Å². The molecule has 0 N–H and O–H groups in total. The predicted molar refractivity (Wildman–Crippen MR) is 70.4 cm³/mol. The Labute approximate surface area is 104 Å². The van der Waals surface area contributed by atoms with Crippen molar-refractivity contribution in [3.63, 3.8) is 0 Å². The van der Waals surface area contributed by atoms with Crippen molar-refractivity contribution in [3.05, 3.63) is 28.8 Å². The highest BCUT2D eigenvalue weighted by Gasteiger charge is 2.03. The summed E-state index contributed by atoms with van der Waals surface area (Å²) in [4.78, 5) is 0. The van der Waals surface area contributed by atoms with E-state index in [0.29, 0.717) is 0 Å². The van der Waals surface area contributed by atoms with Gasteiger partial charge in [0.25, 0.3) is 0 Å². The lowest BCUT2D eigenvalue weighted by Gasteiger charge is -2.09. The Bertz CT molecular complexity index is 321. The van der Waals surface area contributed by atoms with Crippen LogP contribution in [0.5, 0.6) is 5.75 Å². The fraction of sp³-hybridized carbons (Fsp3) is 0.571. The second-order valence-corrected chi connectivity index (χ2v) is 4.95. The van der Waals surface area contributed by atoms with Crippen molar-refractivity contribution in [2.24, 2.45) is 5.92 Å². The molecule has 0 fully saturated rings. The van der Waals surface area contributed by atoms with Crippen molar-refractivity contribution in [3.8, 4) is 5.75 Å². The van der Waals surface area contributed by atoms with E-state index in [9.17, 15) is 0 Å². The molecule has 0 aromatic heterocycles. The molecule has 0 saturated heterocycles. The first-order valence-corrected chi connectivity index (χ1v) is 6.42. The summed E-state index contributed by atoms with van der Waals surface area (Å²) in [7, 11) is 0. The van der Waals surface area contributed by atoms with Gasteiger partial charge in [-0.3, -0.25) is 0 Å². The van der Waals surface area contributed by atoms with Crippen LogP contribution in [0.3, 0.4) is 0 Å². The lowest BCUT2D eigenvalue weighted by atomic mass is 10.0. The van der Waals surface area contributed by atoms with Crippen LogP contribution in [0.15, 0.2) is 18.2 Å². The van der Waals surface area contributed by atoms with E-state index in [0.717, 1.165) is 36.1 Å². The van der Waals surface area contributed by atoms with Crippen LogP contribution in [0.2, 0.25) is 5.02 Å². The maximum atomic E-state index is 6.16. The zero-order chi connectivity index (χ0) is 12.0. The first kappa shape index (κ1) is 13.4. The van der Waals surface area contributed by atoms with Crippen molar-refractivity contribution >= 4 is 11.6 Å². The van der Waals surface area contributed by atoms with Crippen molar-refractivity contribution in [2.45, 2.75) is 40.0 Å². The van der Waals surface area contributed by atoms with Gasteiger partial charge in [-0.25, -0.2) is 0 Å². The molecule has 0 spiro atoms. The van der Waals surface area contributed by atoms with Gasteiger partial charge >= 0.3 is 0 Å². The number of rotatable bonds is 6. The highest BCUT2D eigenvalue weighted by atomic mass is 35.5. The van der Waals surface area contributed by atoms with Gasteiger partial charge in [0, 0.05) is 0 Å². The van der Waals surface area contributed by atoms with Gasteiger partial charge in [0.1, 0.15) is 5.75 Å². The molecule has 1 rings (SSSR count). The minimum atomic E-state index is 0.727. The third-order valence-electron chi connectivity index (χ3n) is 2.47. The maximum absolute atomic E-state index is 6.16. The Morgan fingerprint density at radius 2 is 2.06 bits per heavy atom. The summed E-state index contributed by atoms with van der Waals surface area (Å²) in [5.41, 5.74) is 1.29. The summed E-state index contributed by atoms with van der Waals surface area (Å²) in [5.74, 6) is 1.53. The monoisotopic (exact) mass is 240 g/mol. The second kappa shape index (κ2) is 6.80. The molecule has 2 heteroatoms. The van der Waals surface area contributed by atoms with E-state index in [2.05, 4.69) is 26.8 Å². The molecular formula is C14H21ClO. The largest absolute Gasteiger partial charge is 0.492 e. The third-order valence-corrected chi connectivity index (χ3v) is 2.76. The summed E-state index contributed by atoms with van der Waals surface area (Å²) in [6.45, 7) is 7.29. The lowest BCUT2D eigenvalue weighted by Crippen LogP contribution is -1.97. The van der Waals surface area contributed by atoms with E-state index in [1.54, 1.807) is 0 Å². The molecule has 90 valence electrons. The molecule has 1 aromatic rings. The molecule has 1 nitrogen and oxygen atoms in total. The van der Waals surface area contributed by atoms with Gasteiger partial charge in [0.2, 0.25) is 0 Å². The Morgan fingerprint density at radius 3 is 2.62 bits per heavy atom. The van der Waals surface area contributed by atoms with Crippen LogP contribution in [-0.4, -0.2) is 6.61 Å². The highest BCUT2D eigenvalue weighted by molar-refractivity contribution is 6.32. The molecule has 0 heterocycles. The van der Waals surface area contributed by atoms with Crippen molar-refractivity contribution in [1.82, 2.24) is 0 Å². The third kappa shape index (κ3) is 4.44. The van der Waals surface area contributed by atoms with Crippen LogP contribution in [0.4, 0.5) is 0 Å². The minimum Gasteiger partial charge on any atom is -0.492 e. The van der Waals surface area contributed by atoms with Gasteiger partial charge in [-0.2, -0.15) is 0 Å². The molecule has 0 atom stereocenters. The van der Waals surface area contributed by atoms with E-state index in [-0.39, 0.29) is 0 Å². The summed E-state index contributed by atoms with van der Waals surface area (Å²) >= 11 is 6.16. The first-order chi connectivity index (χ1) is 7.63. The molecule has 0 aliphatic heterocycles. The molecule has 0 aliphatic rings. The molecular weight excluding hydrogens is 220 g/mol. The fourth-order valence-corrected chi connectivity index (χ4v) is 1.74. The van der Waals surface area contributed by atoms with Crippen LogP contribution in [0.1, 0.15) is 39.2 Å². The number of aryl methyl sites for hydroxylation is 1. The van der Waals surface area contributed by atoms with E-state index in [1.165, 1.54) is 12.0 Å². The first-order valence-electron chi connectivity index (χ1n) is 6.04. The lowest BCUT2D eigenvalue weighted by molar-refractivity contribution is 0.317. The molecule has 16 heavy (non-hydrogen) atoms. The van der Waals surface area contributed by atoms with Crippen molar-refractivity contribution in [1.29, 1.82) is 0 Å². The van der Waals surface area contributed by atoms with Gasteiger partial charge in [-0.05, 0) is 42.9 Å². The zero-order valence-corrected chi connectivity index (χ0v) is 11.2. The van der Waals surface area contributed by atoms with Gasteiger partial charge < -0.3 is 4.74 Å². The summed E-state index contributed by atoms with van der Waals surface area (Å²) in [5, 5.41) is 0.731. The average Bonchev–Trinajstić information content (AvgIpc) is 2.25. The van der Waals surface area contributed by atoms with Crippen LogP contribution in [0.25, 0.3) is 0 Å².